The zero-order valence-corrected chi connectivity index (χ0v) is 17.5. The van der Waals surface area contributed by atoms with Crippen molar-refractivity contribution in [2.75, 3.05) is 13.1 Å². The van der Waals surface area contributed by atoms with Gasteiger partial charge in [-0.15, -0.1) is 0 Å². The Bertz CT molecular complexity index is 759. The molecule has 0 bridgehead atoms. The molecule has 0 spiro atoms. The summed E-state index contributed by atoms with van der Waals surface area (Å²) in [5.41, 5.74) is 10.1. The molecule has 0 atom stereocenters. The minimum atomic E-state index is 0.604. The van der Waals surface area contributed by atoms with Crippen LogP contribution in [0.4, 0.5) is 0 Å². The number of benzene rings is 1. The van der Waals surface area contributed by atoms with Gasteiger partial charge in [0, 0.05) is 48.3 Å². The van der Waals surface area contributed by atoms with Crippen LogP contribution >= 0.6 is 0 Å². The minimum absolute atomic E-state index is 0.604. The van der Waals surface area contributed by atoms with Gasteiger partial charge in [-0.25, -0.2) is 0 Å². The van der Waals surface area contributed by atoms with E-state index in [2.05, 4.69) is 54.5 Å². The van der Waals surface area contributed by atoms with Crippen LogP contribution in [0.15, 0.2) is 24.3 Å². The molecule has 0 unspecified atom stereocenters. The molecule has 27 heavy (non-hydrogen) atoms. The van der Waals surface area contributed by atoms with Gasteiger partial charge in [0.2, 0.25) is 0 Å². The van der Waals surface area contributed by atoms with Crippen LogP contribution in [-0.2, 0) is 6.54 Å². The van der Waals surface area contributed by atoms with Gasteiger partial charge < -0.3 is 15.2 Å². The summed E-state index contributed by atoms with van der Waals surface area (Å²) in [6.45, 7) is 10.1. The third-order valence-corrected chi connectivity index (χ3v) is 7.35. The number of nitrogens with zero attached hydrogens (tertiary/aromatic N) is 2. The molecule has 148 valence electrons. The smallest absolute Gasteiger partial charge is 0.0485 e. The van der Waals surface area contributed by atoms with Gasteiger partial charge in [0.1, 0.15) is 0 Å². The molecular formula is C24H37N3. The zero-order chi connectivity index (χ0) is 19.0. The number of aryl methyl sites for hydroxylation is 1. The number of fused-ring (bicyclic) bond motifs is 1. The summed E-state index contributed by atoms with van der Waals surface area (Å²) in [5, 5.41) is 1.35. The first-order chi connectivity index (χ1) is 13.1. The molecular weight excluding hydrogens is 330 g/mol. The van der Waals surface area contributed by atoms with E-state index < -0.39 is 0 Å². The fourth-order valence-corrected chi connectivity index (χ4v) is 5.64. The van der Waals surface area contributed by atoms with E-state index in [1.54, 1.807) is 0 Å². The van der Waals surface area contributed by atoms with Gasteiger partial charge in [0.15, 0.2) is 0 Å². The first-order valence-corrected chi connectivity index (χ1v) is 11.1. The summed E-state index contributed by atoms with van der Waals surface area (Å²) in [6, 6.07) is 10.6. The highest BCUT2D eigenvalue weighted by Crippen LogP contribution is 2.36. The molecule has 2 aliphatic rings. The summed E-state index contributed by atoms with van der Waals surface area (Å²) in [4.78, 5) is 2.80. The van der Waals surface area contributed by atoms with Crippen molar-refractivity contribution in [3.8, 4) is 0 Å². The van der Waals surface area contributed by atoms with E-state index in [1.165, 1.54) is 73.8 Å². The zero-order valence-electron chi connectivity index (χ0n) is 17.5. The second-order valence-electron chi connectivity index (χ2n) is 9.35. The molecule has 1 aromatic carbocycles. The molecule has 2 heterocycles. The standard InChI is InChI=1S/C24H37N3/c1-17(2)19-5-7-21(8-6-19)26-12-10-22(11-13-26)27-23(16-25)15-20-14-18(3)4-9-24(20)27/h4,9,14-15,17,19,21-22H,5-8,10-13,16,25H2,1-3H3. The monoisotopic (exact) mass is 367 g/mol. The van der Waals surface area contributed by atoms with Crippen molar-refractivity contribution < 1.29 is 0 Å². The van der Waals surface area contributed by atoms with Crippen LogP contribution in [-0.4, -0.2) is 28.6 Å². The lowest BCUT2D eigenvalue weighted by Crippen LogP contribution is -2.44. The maximum absolute atomic E-state index is 6.11. The first kappa shape index (κ1) is 19.0. The number of hydrogen-bond donors (Lipinski definition) is 1. The molecule has 3 heteroatoms. The van der Waals surface area contributed by atoms with Crippen molar-refractivity contribution in [2.45, 2.75) is 77.9 Å². The summed E-state index contributed by atoms with van der Waals surface area (Å²) in [6.07, 6.45) is 8.20. The van der Waals surface area contributed by atoms with E-state index in [1.807, 2.05) is 0 Å². The van der Waals surface area contributed by atoms with Crippen molar-refractivity contribution in [1.82, 2.24) is 9.47 Å². The molecule has 2 aromatic rings. The van der Waals surface area contributed by atoms with E-state index in [0.29, 0.717) is 12.6 Å². The Morgan fingerprint density at radius 2 is 1.67 bits per heavy atom. The van der Waals surface area contributed by atoms with E-state index in [0.717, 1.165) is 17.9 Å². The molecule has 1 aliphatic carbocycles. The van der Waals surface area contributed by atoms with Crippen LogP contribution < -0.4 is 5.73 Å². The molecule has 0 amide bonds. The van der Waals surface area contributed by atoms with Crippen LogP contribution in [0.2, 0.25) is 0 Å². The van der Waals surface area contributed by atoms with Gasteiger partial charge in [-0.3, -0.25) is 0 Å². The van der Waals surface area contributed by atoms with Crippen LogP contribution in [0, 0.1) is 18.8 Å². The highest BCUT2D eigenvalue weighted by atomic mass is 15.2. The molecule has 0 radical (unpaired) electrons. The molecule has 1 aromatic heterocycles. The van der Waals surface area contributed by atoms with E-state index in [-0.39, 0.29) is 0 Å². The molecule has 1 saturated carbocycles. The number of nitrogens with two attached hydrogens (primary N) is 1. The predicted octanol–water partition coefficient (Wildman–Crippen LogP) is 5.26. The molecule has 2 fully saturated rings. The maximum atomic E-state index is 6.11. The Hall–Kier alpha value is -1.32. The lowest BCUT2D eigenvalue weighted by atomic mass is 9.79. The fraction of sp³-hybridized carbons (Fsp3) is 0.667. The van der Waals surface area contributed by atoms with Gasteiger partial charge in [-0.05, 0) is 75.5 Å². The number of rotatable bonds is 4. The van der Waals surface area contributed by atoms with Crippen molar-refractivity contribution in [3.05, 3.63) is 35.5 Å². The van der Waals surface area contributed by atoms with Crippen LogP contribution in [0.3, 0.4) is 0 Å². The van der Waals surface area contributed by atoms with E-state index >= 15 is 0 Å². The highest BCUT2D eigenvalue weighted by molar-refractivity contribution is 5.82. The third-order valence-electron chi connectivity index (χ3n) is 7.35. The largest absolute Gasteiger partial charge is 0.340 e. The van der Waals surface area contributed by atoms with Crippen molar-refractivity contribution in [3.63, 3.8) is 0 Å². The van der Waals surface area contributed by atoms with Gasteiger partial charge in [0.25, 0.3) is 0 Å². The highest BCUT2D eigenvalue weighted by Gasteiger charge is 2.31. The second-order valence-corrected chi connectivity index (χ2v) is 9.35. The Morgan fingerprint density at radius 3 is 2.30 bits per heavy atom. The quantitative estimate of drug-likeness (QED) is 0.800. The fourth-order valence-electron chi connectivity index (χ4n) is 5.64. The van der Waals surface area contributed by atoms with E-state index in [9.17, 15) is 0 Å². The normalized spacial score (nSPS) is 25.5. The van der Waals surface area contributed by atoms with Gasteiger partial charge in [-0.2, -0.15) is 0 Å². The first-order valence-electron chi connectivity index (χ1n) is 11.1. The topological polar surface area (TPSA) is 34.2 Å². The van der Waals surface area contributed by atoms with Crippen molar-refractivity contribution in [2.24, 2.45) is 17.6 Å². The Kier molecular flexibility index (Phi) is 5.61. The Labute approximate surface area is 164 Å². The third kappa shape index (κ3) is 3.82. The number of likely N-dealkylation sites (tertiary alicyclic amines) is 1. The summed E-state index contributed by atoms with van der Waals surface area (Å²) in [7, 11) is 0. The Balaban J connectivity index is 1.43. The lowest BCUT2D eigenvalue weighted by Gasteiger charge is -2.42. The average Bonchev–Trinajstić information content (AvgIpc) is 3.05. The SMILES string of the molecule is Cc1ccc2c(c1)cc(CN)n2C1CCN(C2CCC(C(C)C)CC2)CC1. The van der Waals surface area contributed by atoms with Crippen molar-refractivity contribution >= 4 is 10.9 Å². The maximum Gasteiger partial charge on any atom is 0.0485 e. The molecule has 3 nitrogen and oxygen atoms in total. The second kappa shape index (κ2) is 7.97. The average molecular weight is 368 g/mol. The van der Waals surface area contributed by atoms with Crippen LogP contribution in [0.5, 0.6) is 0 Å². The number of aromatic nitrogens is 1. The summed E-state index contributed by atoms with van der Waals surface area (Å²) in [5.74, 6) is 1.82. The van der Waals surface area contributed by atoms with Crippen molar-refractivity contribution in [1.29, 1.82) is 0 Å². The van der Waals surface area contributed by atoms with Gasteiger partial charge in [-0.1, -0.05) is 25.5 Å². The molecule has 1 saturated heterocycles. The summed E-state index contributed by atoms with van der Waals surface area (Å²) < 4.78 is 2.56. The van der Waals surface area contributed by atoms with Gasteiger partial charge in [0.05, 0.1) is 0 Å². The summed E-state index contributed by atoms with van der Waals surface area (Å²) >= 11 is 0. The molecule has 2 N–H and O–H groups in total. The molecule has 1 aliphatic heterocycles. The Morgan fingerprint density at radius 1 is 0.963 bits per heavy atom. The predicted molar refractivity (Wildman–Crippen MR) is 115 cm³/mol. The number of piperidine rings is 1. The van der Waals surface area contributed by atoms with Crippen LogP contribution in [0.25, 0.3) is 10.9 Å². The van der Waals surface area contributed by atoms with Crippen LogP contribution in [0.1, 0.15) is 69.7 Å². The lowest BCUT2D eigenvalue weighted by molar-refractivity contribution is 0.0890. The molecule has 4 rings (SSSR count). The minimum Gasteiger partial charge on any atom is -0.340 e. The number of hydrogen-bond acceptors (Lipinski definition) is 2. The van der Waals surface area contributed by atoms with E-state index in [4.69, 9.17) is 5.73 Å². The van der Waals surface area contributed by atoms with Gasteiger partial charge >= 0.3 is 0 Å².